The SMILES string of the molecule is CC1(C)[C@@H]2[C@@H](C(=O)N[C@H](C#N)C[C@@H]3CCCC3=O)N(C(=O)c3cc4cc(F)cc(F)c4[nH]3)C[C@@H]21. The number of ketones is 1. The van der Waals surface area contributed by atoms with Gasteiger partial charge in [0.2, 0.25) is 5.91 Å². The van der Waals surface area contributed by atoms with Crippen LogP contribution < -0.4 is 5.32 Å². The van der Waals surface area contributed by atoms with Crippen LogP contribution in [0.25, 0.3) is 10.9 Å². The minimum atomic E-state index is -0.817. The Morgan fingerprint density at radius 2 is 2.09 bits per heavy atom. The molecule has 2 amide bonds. The van der Waals surface area contributed by atoms with Crippen molar-refractivity contribution in [2.24, 2.45) is 23.2 Å². The van der Waals surface area contributed by atoms with Crippen LogP contribution in [-0.4, -0.2) is 46.1 Å². The Morgan fingerprint density at radius 1 is 1.32 bits per heavy atom. The lowest BCUT2D eigenvalue weighted by atomic mass is 9.96. The van der Waals surface area contributed by atoms with Crippen LogP contribution in [0.15, 0.2) is 18.2 Å². The van der Waals surface area contributed by atoms with Crippen LogP contribution in [0.5, 0.6) is 0 Å². The number of nitrogens with one attached hydrogen (secondary N) is 2. The van der Waals surface area contributed by atoms with E-state index in [0.717, 1.165) is 25.0 Å². The highest BCUT2D eigenvalue weighted by Gasteiger charge is 2.69. The molecule has 2 N–H and O–H groups in total. The van der Waals surface area contributed by atoms with Gasteiger partial charge in [0.25, 0.3) is 5.91 Å². The second-order valence-electron chi connectivity index (χ2n) is 10.4. The van der Waals surface area contributed by atoms with Gasteiger partial charge in [-0.25, -0.2) is 8.78 Å². The van der Waals surface area contributed by atoms with Crippen LogP contribution >= 0.6 is 0 Å². The van der Waals surface area contributed by atoms with Gasteiger partial charge in [-0.3, -0.25) is 14.4 Å². The topological polar surface area (TPSA) is 106 Å². The van der Waals surface area contributed by atoms with Gasteiger partial charge in [-0.2, -0.15) is 5.26 Å². The second kappa shape index (κ2) is 7.90. The number of nitrogens with zero attached hydrogens (tertiary/aromatic N) is 2. The summed E-state index contributed by atoms with van der Waals surface area (Å²) in [7, 11) is 0. The van der Waals surface area contributed by atoms with Gasteiger partial charge in [-0.15, -0.1) is 0 Å². The van der Waals surface area contributed by atoms with Crippen LogP contribution in [-0.2, 0) is 9.59 Å². The molecule has 1 saturated heterocycles. The molecule has 0 bridgehead atoms. The predicted molar refractivity (Wildman–Crippen MR) is 118 cm³/mol. The summed E-state index contributed by atoms with van der Waals surface area (Å²) in [6, 6.07) is 3.76. The Morgan fingerprint density at radius 3 is 2.76 bits per heavy atom. The van der Waals surface area contributed by atoms with Gasteiger partial charge >= 0.3 is 0 Å². The third kappa shape index (κ3) is 3.56. The van der Waals surface area contributed by atoms with Crippen LogP contribution in [0.1, 0.15) is 50.0 Å². The first-order valence-corrected chi connectivity index (χ1v) is 11.6. The maximum atomic E-state index is 14.1. The molecular formula is C25H26F2N4O3. The molecule has 2 heterocycles. The maximum Gasteiger partial charge on any atom is 0.271 e. The first-order chi connectivity index (χ1) is 16.1. The molecule has 34 heavy (non-hydrogen) atoms. The Hall–Kier alpha value is -3.28. The van der Waals surface area contributed by atoms with Gasteiger partial charge in [0.1, 0.15) is 35.2 Å². The number of rotatable bonds is 5. The minimum absolute atomic E-state index is 0.0289. The molecule has 2 aliphatic carbocycles. The smallest absolute Gasteiger partial charge is 0.271 e. The molecule has 3 fully saturated rings. The monoisotopic (exact) mass is 468 g/mol. The molecule has 5 rings (SSSR count). The summed E-state index contributed by atoms with van der Waals surface area (Å²) in [4.78, 5) is 42.9. The van der Waals surface area contributed by atoms with E-state index >= 15 is 0 Å². The summed E-state index contributed by atoms with van der Waals surface area (Å²) in [6.07, 6.45) is 2.30. The van der Waals surface area contributed by atoms with Crippen molar-refractivity contribution >= 4 is 28.5 Å². The van der Waals surface area contributed by atoms with Crippen molar-refractivity contribution in [3.05, 3.63) is 35.5 Å². The number of H-pyrrole nitrogens is 1. The first-order valence-electron chi connectivity index (χ1n) is 11.6. The number of Topliss-reactive ketones (excluding diaryl/α,β-unsaturated/α-hetero) is 1. The highest BCUT2D eigenvalue weighted by molar-refractivity contribution is 6.01. The fourth-order valence-electron chi connectivity index (χ4n) is 6.05. The molecule has 2 aromatic rings. The zero-order chi connectivity index (χ0) is 24.4. The number of piperidine rings is 1. The van der Waals surface area contributed by atoms with E-state index in [-0.39, 0.29) is 52.0 Å². The van der Waals surface area contributed by atoms with Crippen LogP contribution in [0.4, 0.5) is 8.78 Å². The Balaban J connectivity index is 1.38. The van der Waals surface area contributed by atoms with Gasteiger partial charge in [0.05, 0.1) is 11.6 Å². The Labute approximate surface area is 195 Å². The van der Waals surface area contributed by atoms with Crippen molar-refractivity contribution < 1.29 is 23.2 Å². The standard InChI is InChI=1S/C25H26F2N4O3/c1-25(2)16-11-31(24(34)18-8-13-6-14(26)9-17(27)21(13)30-18)22(20(16)25)23(33)29-15(10-28)7-12-4-3-5-19(12)32/h6,8-9,12,15-16,20,22,30H,3-5,7,11H2,1-2H3,(H,29,33)/t12-,15-,16-,20-,22-/m0/s1. The van der Waals surface area contributed by atoms with E-state index in [1.165, 1.54) is 11.0 Å². The summed E-state index contributed by atoms with van der Waals surface area (Å²) in [5, 5.41) is 12.6. The minimum Gasteiger partial charge on any atom is -0.348 e. The largest absolute Gasteiger partial charge is 0.348 e. The second-order valence-corrected chi connectivity index (χ2v) is 10.4. The van der Waals surface area contributed by atoms with Crippen LogP contribution in [0.3, 0.4) is 0 Å². The zero-order valence-electron chi connectivity index (χ0n) is 19.0. The van der Waals surface area contributed by atoms with Crippen molar-refractivity contribution in [2.45, 2.75) is 51.6 Å². The van der Waals surface area contributed by atoms with Crippen molar-refractivity contribution in [3.63, 3.8) is 0 Å². The Kier molecular flexibility index (Phi) is 5.23. The summed E-state index contributed by atoms with van der Waals surface area (Å²) >= 11 is 0. The van der Waals surface area contributed by atoms with Gasteiger partial charge < -0.3 is 15.2 Å². The number of likely N-dealkylation sites (tertiary alicyclic amines) is 1. The molecule has 0 radical (unpaired) electrons. The number of aromatic amines is 1. The number of benzene rings is 1. The molecule has 2 saturated carbocycles. The highest BCUT2D eigenvalue weighted by Crippen LogP contribution is 2.65. The van der Waals surface area contributed by atoms with Gasteiger partial charge in [0.15, 0.2) is 0 Å². The molecule has 0 spiro atoms. The van der Waals surface area contributed by atoms with E-state index in [1.807, 2.05) is 13.8 Å². The van der Waals surface area contributed by atoms with Crippen molar-refractivity contribution in [1.82, 2.24) is 15.2 Å². The summed E-state index contributed by atoms with van der Waals surface area (Å²) in [6.45, 7) is 4.45. The molecule has 7 nitrogen and oxygen atoms in total. The maximum absolute atomic E-state index is 14.1. The number of carbonyl (C=O) groups is 3. The lowest BCUT2D eigenvalue weighted by molar-refractivity contribution is -0.127. The van der Waals surface area contributed by atoms with E-state index in [1.54, 1.807) is 0 Å². The lowest BCUT2D eigenvalue weighted by Gasteiger charge is -2.30. The fourth-order valence-corrected chi connectivity index (χ4v) is 6.05. The average molecular weight is 469 g/mol. The van der Waals surface area contributed by atoms with Gasteiger partial charge in [-0.05, 0) is 48.6 Å². The van der Waals surface area contributed by atoms with Crippen LogP contribution in [0.2, 0.25) is 0 Å². The fraction of sp³-hybridized carbons (Fsp3) is 0.520. The van der Waals surface area contributed by atoms with Gasteiger partial charge in [0, 0.05) is 30.3 Å². The molecule has 1 aromatic carbocycles. The molecule has 178 valence electrons. The molecule has 9 heteroatoms. The van der Waals surface area contributed by atoms with Crippen molar-refractivity contribution in [3.8, 4) is 6.07 Å². The molecular weight excluding hydrogens is 442 g/mol. The Bertz CT molecular complexity index is 1250. The first kappa shape index (κ1) is 22.5. The number of aromatic nitrogens is 1. The summed E-state index contributed by atoms with van der Waals surface area (Å²) in [5.74, 6) is -2.48. The number of fused-ring (bicyclic) bond motifs is 2. The molecule has 3 aliphatic rings. The van der Waals surface area contributed by atoms with Crippen molar-refractivity contribution in [1.29, 1.82) is 5.26 Å². The third-order valence-corrected chi connectivity index (χ3v) is 8.04. The normalized spacial score (nSPS) is 28.0. The molecule has 1 aliphatic heterocycles. The van der Waals surface area contributed by atoms with Crippen molar-refractivity contribution in [2.75, 3.05) is 6.54 Å². The molecule has 1 aromatic heterocycles. The number of amides is 2. The highest BCUT2D eigenvalue weighted by atomic mass is 19.1. The quantitative estimate of drug-likeness (QED) is 0.702. The average Bonchev–Trinajstić information content (AvgIpc) is 3.28. The van der Waals surface area contributed by atoms with E-state index in [9.17, 15) is 28.4 Å². The zero-order valence-corrected chi connectivity index (χ0v) is 19.0. The number of hydrogen-bond acceptors (Lipinski definition) is 4. The van der Waals surface area contributed by atoms with E-state index in [2.05, 4.69) is 16.4 Å². The predicted octanol–water partition coefficient (Wildman–Crippen LogP) is 3.31. The lowest BCUT2D eigenvalue weighted by Crippen LogP contribution is -2.52. The number of halogens is 2. The number of carbonyl (C=O) groups excluding carboxylic acids is 3. The third-order valence-electron chi connectivity index (χ3n) is 8.04. The van der Waals surface area contributed by atoms with E-state index in [0.29, 0.717) is 13.0 Å². The molecule has 0 unspecified atom stereocenters. The number of hydrogen-bond donors (Lipinski definition) is 2. The summed E-state index contributed by atoms with van der Waals surface area (Å²) < 4.78 is 27.7. The number of nitriles is 1. The molecule has 5 atom stereocenters. The van der Waals surface area contributed by atoms with E-state index in [4.69, 9.17) is 0 Å². The van der Waals surface area contributed by atoms with Crippen LogP contribution in [0, 0.1) is 46.1 Å². The summed E-state index contributed by atoms with van der Waals surface area (Å²) in [5.41, 5.74) is -0.0242. The van der Waals surface area contributed by atoms with Gasteiger partial charge in [-0.1, -0.05) is 13.8 Å². The van der Waals surface area contributed by atoms with E-state index < -0.39 is 35.5 Å².